The summed E-state index contributed by atoms with van der Waals surface area (Å²) in [5.74, 6) is -0.284. The lowest BCUT2D eigenvalue weighted by Gasteiger charge is -2.25. The Morgan fingerprint density at radius 3 is 2.83 bits per heavy atom. The van der Waals surface area contributed by atoms with Crippen LogP contribution >= 0.6 is 11.8 Å². The molecule has 0 aliphatic carbocycles. The number of nitrogens with zero attached hydrogens (tertiary/aromatic N) is 1. The van der Waals surface area contributed by atoms with Gasteiger partial charge in [-0.25, -0.2) is 0 Å². The Kier molecular flexibility index (Phi) is 6.89. The van der Waals surface area contributed by atoms with Gasteiger partial charge < -0.3 is 10.6 Å². The molecule has 126 valence electrons. The molecule has 5 nitrogen and oxygen atoms in total. The SMILES string of the molecule is CCCCNC(=O)CSC1=C(C#N)[C@@H](c2ccccc2)CC(=O)N1. The summed E-state index contributed by atoms with van der Waals surface area (Å²) < 4.78 is 0. The van der Waals surface area contributed by atoms with Crippen LogP contribution < -0.4 is 10.6 Å². The predicted molar refractivity (Wildman–Crippen MR) is 95.0 cm³/mol. The fourth-order valence-corrected chi connectivity index (χ4v) is 3.40. The highest BCUT2D eigenvalue weighted by Gasteiger charge is 2.29. The number of benzene rings is 1. The third-order valence-corrected chi connectivity index (χ3v) is 4.78. The zero-order valence-corrected chi connectivity index (χ0v) is 14.5. The lowest BCUT2D eigenvalue weighted by Crippen LogP contribution is -2.32. The summed E-state index contributed by atoms with van der Waals surface area (Å²) in [6.07, 6.45) is 2.21. The summed E-state index contributed by atoms with van der Waals surface area (Å²) in [6, 6.07) is 11.7. The van der Waals surface area contributed by atoms with Crippen LogP contribution in [0.4, 0.5) is 0 Å². The number of carbonyl (C=O) groups excluding carboxylic acids is 2. The zero-order chi connectivity index (χ0) is 17.4. The minimum absolute atomic E-state index is 0.0886. The van der Waals surface area contributed by atoms with Gasteiger partial charge in [0.05, 0.1) is 22.4 Å². The van der Waals surface area contributed by atoms with Crippen molar-refractivity contribution < 1.29 is 9.59 Å². The molecule has 0 spiro atoms. The summed E-state index contributed by atoms with van der Waals surface area (Å²) in [5, 5.41) is 15.6. The zero-order valence-electron chi connectivity index (χ0n) is 13.7. The van der Waals surface area contributed by atoms with E-state index < -0.39 is 0 Å². The van der Waals surface area contributed by atoms with Gasteiger partial charge in [0.25, 0.3) is 0 Å². The summed E-state index contributed by atoms with van der Waals surface area (Å²) >= 11 is 1.21. The van der Waals surface area contributed by atoms with Crippen LogP contribution in [0.5, 0.6) is 0 Å². The smallest absolute Gasteiger partial charge is 0.230 e. The first kappa shape index (κ1) is 18.1. The van der Waals surface area contributed by atoms with Gasteiger partial charge >= 0.3 is 0 Å². The molecule has 1 aromatic rings. The Morgan fingerprint density at radius 2 is 2.17 bits per heavy atom. The molecule has 2 amide bonds. The maximum absolute atomic E-state index is 12.0. The molecule has 1 aliphatic heterocycles. The molecule has 1 atom stereocenters. The maximum Gasteiger partial charge on any atom is 0.230 e. The van der Waals surface area contributed by atoms with Gasteiger partial charge in [0.2, 0.25) is 11.8 Å². The lowest BCUT2D eigenvalue weighted by atomic mass is 9.87. The number of allylic oxidation sites excluding steroid dienone is 1. The largest absolute Gasteiger partial charge is 0.355 e. The highest BCUT2D eigenvalue weighted by Crippen LogP contribution is 2.35. The van der Waals surface area contributed by atoms with Crippen LogP contribution in [-0.4, -0.2) is 24.1 Å². The lowest BCUT2D eigenvalue weighted by molar-refractivity contribution is -0.121. The maximum atomic E-state index is 12.0. The number of unbranched alkanes of at least 4 members (excludes halogenated alkanes) is 1. The first-order valence-electron chi connectivity index (χ1n) is 8.04. The predicted octanol–water partition coefficient (Wildman–Crippen LogP) is 2.67. The minimum atomic E-state index is -0.254. The van der Waals surface area contributed by atoms with Crippen molar-refractivity contribution >= 4 is 23.6 Å². The molecule has 0 saturated heterocycles. The van der Waals surface area contributed by atoms with E-state index in [9.17, 15) is 14.9 Å². The molecular weight excluding hydrogens is 322 g/mol. The molecule has 1 aliphatic rings. The molecule has 2 N–H and O–H groups in total. The summed E-state index contributed by atoms with van der Waals surface area (Å²) in [6.45, 7) is 2.71. The van der Waals surface area contributed by atoms with Crippen molar-refractivity contribution in [3.8, 4) is 6.07 Å². The first-order valence-corrected chi connectivity index (χ1v) is 9.02. The third-order valence-electron chi connectivity index (χ3n) is 3.76. The van der Waals surface area contributed by atoms with Gasteiger partial charge in [-0.3, -0.25) is 9.59 Å². The van der Waals surface area contributed by atoms with Crippen molar-refractivity contribution in [1.29, 1.82) is 5.26 Å². The number of nitrogens with one attached hydrogen (secondary N) is 2. The van der Waals surface area contributed by atoms with Gasteiger partial charge in [0.1, 0.15) is 0 Å². The molecule has 0 radical (unpaired) electrons. The monoisotopic (exact) mass is 343 g/mol. The highest BCUT2D eigenvalue weighted by atomic mass is 32.2. The van der Waals surface area contributed by atoms with Gasteiger partial charge in [-0.15, -0.1) is 0 Å². The molecule has 0 bridgehead atoms. The van der Waals surface area contributed by atoms with E-state index in [2.05, 4.69) is 23.6 Å². The van der Waals surface area contributed by atoms with Crippen LogP contribution in [0, 0.1) is 11.3 Å². The van der Waals surface area contributed by atoms with Crippen molar-refractivity contribution in [1.82, 2.24) is 10.6 Å². The third kappa shape index (κ3) is 4.87. The summed E-state index contributed by atoms with van der Waals surface area (Å²) in [5.41, 5.74) is 1.46. The van der Waals surface area contributed by atoms with E-state index in [-0.39, 0.29) is 29.9 Å². The van der Waals surface area contributed by atoms with E-state index in [1.165, 1.54) is 11.8 Å². The quantitative estimate of drug-likeness (QED) is 0.746. The highest BCUT2D eigenvalue weighted by molar-refractivity contribution is 8.03. The average Bonchev–Trinajstić information content (AvgIpc) is 2.60. The molecule has 0 fully saturated rings. The second-order valence-electron chi connectivity index (χ2n) is 5.56. The number of thioether (sulfide) groups is 1. The van der Waals surface area contributed by atoms with Crippen molar-refractivity contribution in [2.24, 2.45) is 0 Å². The van der Waals surface area contributed by atoms with Crippen LogP contribution in [0.1, 0.15) is 37.7 Å². The van der Waals surface area contributed by atoms with Gasteiger partial charge in [-0.1, -0.05) is 55.4 Å². The summed E-state index contributed by atoms with van der Waals surface area (Å²) in [4.78, 5) is 23.8. The molecule has 0 aromatic heterocycles. The molecule has 6 heteroatoms. The van der Waals surface area contributed by atoms with Gasteiger partial charge in [0, 0.05) is 18.9 Å². The Hall–Kier alpha value is -2.26. The van der Waals surface area contributed by atoms with Crippen LogP contribution in [0.25, 0.3) is 0 Å². The standard InChI is InChI=1S/C18H21N3O2S/c1-2-3-9-20-17(23)12-24-18-15(11-19)14(10-16(22)21-18)13-7-5-4-6-8-13/h4-8,14H,2-3,9-10,12H2,1H3,(H,20,23)(H,21,22)/t14-/m1/s1. The van der Waals surface area contributed by atoms with E-state index in [0.29, 0.717) is 17.1 Å². The van der Waals surface area contributed by atoms with Crippen LogP contribution in [0.15, 0.2) is 40.9 Å². The van der Waals surface area contributed by atoms with E-state index in [1.807, 2.05) is 30.3 Å². The second kappa shape index (κ2) is 9.14. The molecule has 2 rings (SSSR count). The fraction of sp³-hybridized carbons (Fsp3) is 0.389. The Labute approximate surface area is 146 Å². The number of carbonyl (C=O) groups is 2. The normalized spacial score (nSPS) is 17.2. The van der Waals surface area contributed by atoms with Gasteiger partial charge in [-0.2, -0.15) is 5.26 Å². The van der Waals surface area contributed by atoms with E-state index in [0.717, 1.165) is 18.4 Å². The second-order valence-corrected chi connectivity index (χ2v) is 6.55. The fourth-order valence-electron chi connectivity index (χ4n) is 2.50. The molecule has 0 saturated carbocycles. The number of nitriles is 1. The molecule has 0 unspecified atom stereocenters. The number of rotatable bonds is 7. The van der Waals surface area contributed by atoms with Crippen LogP contribution in [-0.2, 0) is 9.59 Å². The first-order chi connectivity index (χ1) is 11.7. The van der Waals surface area contributed by atoms with Crippen molar-refractivity contribution in [2.45, 2.75) is 32.1 Å². The Bertz CT molecular complexity index is 665. The van der Waals surface area contributed by atoms with Crippen molar-refractivity contribution in [3.63, 3.8) is 0 Å². The number of amides is 2. The molecule has 24 heavy (non-hydrogen) atoms. The van der Waals surface area contributed by atoms with Gasteiger partial charge in [-0.05, 0) is 12.0 Å². The number of hydrogen-bond donors (Lipinski definition) is 2. The van der Waals surface area contributed by atoms with Crippen LogP contribution in [0.2, 0.25) is 0 Å². The Morgan fingerprint density at radius 1 is 1.42 bits per heavy atom. The van der Waals surface area contributed by atoms with Crippen LogP contribution in [0.3, 0.4) is 0 Å². The van der Waals surface area contributed by atoms with Crippen molar-refractivity contribution in [2.75, 3.05) is 12.3 Å². The minimum Gasteiger partial charge on any atom is -0.355 e. The Balaban J connectivity index is 2.10. The summed E-state index contributed by atoms with van der Waals surface area (Å²) in [7, 11) is 0. The molecule has 1 heterocycles. The number of hydrogen-bond acceptors (Lipinski definition) is 4. The topological polar surface area (TPSA) is 82.0 Å². The molecular formula is C18H21N3O2S. The van der Waals surface area contributed by atoms with E-state index >= 15 is 0 Å². The van der Waals surface area contributed by atoms with E-state index in [4.69, 9.17) is 0 Å². The van der Waals surface area contributed by atoms with E-state index in [1.54, 1.807) is 0 Å². The van der Waals surface area contributed by atoms with Gasteiger partial charge in [0.15, 0.2) is 0 Å². The molecule has 1 aromatic carbocycles. The van der Waals surface area contributed by atoms with Crippen molar-refractivity contribution in [3.05, 3.63) is 46.5 Å². The average molecular weight is 343 g/mol.